The molecule has 1 unspecified atom stereocenters. The topological polar surface area (TPSA) is 26.0 Å². The molecule has 0 aliphatic heterocycles. The molecule has 2 rings (SSSR count). The van der Waals surface area contributed by atoms with Gasteiger partial charge in [-0.25, -0.2) is 8.78 Å². The van der Waals surface area contributed by atoms with E-state index in [1.807, 2.05) is 6.92 Å². The number of rotatable bonds is 2. The van der Waals surface area contributed by atoms with Gasteiger partial charge < -0.3 is 5.73 Å². The van der Waals surface area contributed by atoms with Gasteiger partial charge in [-0.05, 0) is 48.7 Å². The zero-order chi connectivity index (χ0) is 14.2. The van der Waals surface area contributed by atoms with Gasteiger partial charge in [-0.3, -0.25) is 0 Å². The third-order valence-electron chi connectivity index (χ3n) is 3.05. The fourth-order valence-corrected chi connectivity index (χ4v) is 2.37. The minimum absolute atomic E-state index is 0.123. The maximum atomic E-state index is 14.0. The summed E-state index contributed by atoms with van der Waals surface area (Å²) in [5.41, 5.74) is 7.71. The lowest BCUT2D eigenvalue weighted by atomic mass is 9.96. The molecule has 1 nitrogen and oxygen atoms in total. The van der Waals surface area contributed by atoms with Crippen molar-refractivity contribution >= 4 is 11.6 Å². The van der Waals surface area contributed by atoms with Crippen LogP contribution in [0.2, 0.25) is 5.02 Å². The van der Waals surface area contributed by atoms with Crippen molar-refractivity contribution in [1.82, 2.24) is 0 Å². The average Bonchev–Trinajstić information content (AvgIpc) is 2.33. The first-order chi connectivity index (χ1) is 8.90. The number of benzene rings is 2. The van der Waals surface area contributed by atoms with Gasteiger partial charge in [-0.2, -0.15) is 0 Å². The molecule has 2 aromatic carbocycles. The summed E-state index contributed by atoms with van der Waals surface area (Å²) in [5.74, 6) is -1.25. The van der Waals surface area contributed by atoms with E-state index >= 15 is 0 Å². The van der Waals surface area contributed by atoms with Crippen molar-refractivity contribution in [3.8, 4) is 0 Å². The van der Waals surface area contributed by atoms with E-state index in [0.717, 1.165) is 5.56 Å². The van der Waals surface area contributed by atoms with Gasteiger partial charge in [0, 0.05) is 10.6 Å². The lowest BCUT2D eigenvalue weighted by molar-refractivity contribution is 0.538. The van der Waals surface area contributed by atoms with Crippen molar-refractivity contribution < 1.29 is 8.78 Å². The Kier molecular flexibility index (Phi) is 3.88. The maximum absolute atomic E-state index is 14.0. The lowest BCUT2D eigenvalue weighted by Crippen LogP contribution is -2.16. The van der Waals surface area contributed by atoms with Crippen LogP contribution in [0.4, 0.5) is 8.78 Å². The van der Waals surface area contributed by atoms with Gasteiger partial charge in [0.2, 0.25) is 0 Å². The zero-order valence-electron chi connectivity index (χ0n) is 10.7. The van der Waals surface area contributed by atoms with Crippen LogP contribution in [0.5, 0.6) is 0 Å². The second kappa shape index (κ2) is 5.27. The summed E-state index contributed by atoms with van der Waals surface area (Å²) < 4.78 is 27.9. The van der Waals surface area contributed by atoms with Crippen molar-refractivity contribution in [3.05, 3.63) is 69.2 Å². The van der Waals surface area contributed by atoms with Crippen LogP contribution in [0.15, 0.2) is 30.3 Å². The van der Waals surface area contributed by atoms with Crippen molar-refractivity contribution in [2.75, 3.05) is 0 Å². The van der Waals surface area contributed by atoms with Crippen molar-refractivity contribution in [2.45, 2.75) is 19.9 Å². The van der Waals surface area contributed by atoms with Gasteiger partial charge in [0.05, 0.1) is 6.04 Å². The number of nitrogens with two attached hydrogens (primary N) is 1. The molecule has 0 spiro atoms. The molecule has 0 aliphatic carbocycles. The molecule has 0 saturated heterocycles. The molecular formula is C15H14ClF2N. The van der Waals surface area contributed by atoms with Crippen molar-refractivity contribution in [1.29, 1.82) is 0 Å². The largest absolute Gasteiger partial charge is 0.320 e. The third kappa shape index (κ3) is 2.77. The molecule has 0 bridgehead atoms. The van der Waals surface area contributed by atoms with Gasteiger partial charge in [-0.15, -0.1) is 0 Å². The third-order valence-corrected chi connectivity index (χ3v) is 3.27. The summed E-state index contributed by atoms with van der Waals surface area (Å²) in [6.07, 6.45) is 0. The van der Waals surface area contributed by atoms with E-state index in [-0.39, 0.29) is 5.56 Å². The Bertz CT molecular complexity index is 606. The summed E-state index contributed by atoms with van der Waals surface area (Å²) >= 11 is 5.95. The lowest BCUT2D eigenvalue weighted by Gasteiger charge is -2.16. The summed E-state index contributed by atoms with van der Waals surface area (Å²) in [4.78, 5) is 0. The molecule has 0 saturated carbocycles. The van der Waals surface area contributed by atoms with E-state index in [0.29, 0.717) is 16.1 Å². The first-order valence-electron chi connectivity index (χ1n) is 5.87. The number of hydrogen-bond acceptors (Lipinski definition) is 1. The fraction of sp³-hybridized carbons (Fsp3) is 0.200. The maximum Gasteiger partial charge on any atom is 0.134 e. The molecule has 2 aromatic rings. The highest BCUT2D eigenvalue weighted by Gasteiger charge is 2.20. The summed E-state index contributed by atoms with van der Waals surface area (Å²) in [6, 6.07) is 6.91. The normalized spacial score (nSPS) is 12.5. The second-order valence-electron chi connectivity index (χ2n) is 4.63. The molecule has 0 radical (unpaired) electrons. The standard InChI is InChI=1S/C15H14ClF2N/c1-8-5-10(7-11(16)6-8)15(19)13-12(17)4-3-9(2)14(13)18/h3-7,15H,19H2,1-2H3. The van der Waals surface area contributed by atoms with Crippen LogP contribution in [0.3, 0.4) is 0 Å². The molecule has 4 heteroatoms. The van der Waals surface area contributed by atoms with Crippen LogP contribution in [0, 0.1) is 25.5 Å². The number of hydrogen-bond donors (Lipinski definition) is 1. The van der Waals surface area contributed by atoms with Gasteiger partial charge in [0.15, 0.2) is 0 Å². The van der Waals surface area contributed by atoms with E-state index in [9.17, 15) is 8.78 Å². The first kappa shape index (κ1) is 14.0. The molecule has 0 heterocycles. The zero-order valence-corrected chi connectivity index (χ0v) is 11.4. The van der Waals surface area contributed by atoms with E-state index in [1.54, 1.807) is 25.1 Å². The minimum Gasteiger partial charge on any atom is -0.320 e. The Labute approximate surface area is 116 Å². The molecule has 1 atom stereocenters. The fourth-order valence-electron chi connectivity index (χ4n) is 2.07. The Morgan fingerprint density at radius 3 is 2.42 bits per heavy atom. The highest BCUT2D eigenvalue weighted by atomic mass is 35.5. The Morgan fingerprint density at radius 2 is 1.79 bits per heavy atom. The quantitative estimate of drug-likeness (QED) is 0.873. The van der Waals surface area contributed by atoms with Crippen LogP contribution in [-0.2, 0) is 0 Å². The molecule has 100 valence electrons. The van der Waals surface area contributed by atoms with Crippen LogP contribution in [0.1, 0.15) is 28.3 Å². The van der Waals surface area contributed by atoms with E-state index in [4.69, 9.17) is 17.3 Å². The van der Waals surface area contributed by atoms with E-state index < -0.39 is 17.7 Å². The number of aryl methyl sites for hydroxylation is 2. The molecule has 19 heavy (non-hydrogen) atoms. The predicted octanol–water partition coefficient (Wildman–Crippen LogP) is 4.28. The summed E-state index contributed by atoms with van der Waals surface area (Å²) in [7, 11) is 0. The van der Waals surface area contributed by atoms with E-state index in [2.05, 4.69) is 0 Å². The van der Waals surface area contributed by atoms with Crippen LogP contribution in [0.25, 0.3) is 0 Å². The second-order valence-corrected chi connectivity index (χ2v) is 5.07. The molecule has 0 aliphatic rings. The Hall–Kier alpha value is -1.45. The van der Waals surface area contributed by atoms with Crippen LogP contribution >= 0.6 is 11.6 Å². The Balaban J connectivity index is 2.55. The monoisotopic (exact) mass is 281 g/mol. The highest BCUT2D eigenvalue weighted by molar-refractivity contribution is 6.30. The minimum atomic E-state index is -0.878. The van der Waals surface area contributed by atoms with Gasteiger partial charge >= 0.3 is 0 Å². The van der Waals surface area contributed by atoms with Gasteiger partial charge in [0.1, 0.15) is 11.6 Å². The Morgan fingerprint density at radius 1 is 1.11 bits per heavy atom. The van der Waals surface area contributed by atoms with Crippen molar-refractivity contribution in [2.24, 2.45) is 5.73 Å². The molecular weight excluding hydrogens is 268 g/mol. The van der Waals surface area contributed by atoms with Gasteiger partial charge in [0.25, 0.3) is 0 Å². The summed E-state index contributed by atoms with van der Waals surface area (Å²) in [5, 5.41) is 0.499. The smallest absolute Gasteiger partial charge is 0.134 e. The average molecular weight is 282 g/mol. The van der Waals surface area contributed by atoms with E-state index in [1.165, 1.54) is 12.1 Å². The predicted molar refractivity (Wildman–Crippen MR) is 73.3 cm³/mol. The highest BCUT2D eigenvalue weighted by Crippen LogP contribution is 2.28. The van der Waals surface area contributed by atoms with Crippen LogP contribution < -0.4 is 5.73 Å². The summed E-state index contributed by atoms with van der Waals surface area (Å²) in [6.45, 7) is 3.43. The molecule has 0 fully saturated rings. The van der Waals surface area contributed by atoms with Crippen molar-refractivity contribution in [3.63, 3.8) is 0 Å². The van der Waals surface area contributed by atoms with Gasteiger partial charge in [-0.1, -0.05) is 23.7 Å². The van der Waals surface area contributed by atoms with Crippen LogP contribution in [-0.4, -0.2) is 0 Å². The first-order valence-corrected chi connectivity index (χ1v) is 6.25. The molecule has 2 N–H and O–H groups in total. The number of halogens is 3. The SMILES string of the molecule is Cc1cc(Cl)cc(C(N)c2c(F)ccc(C)c2F)c1. The molecule has 0 aromatic heterocycles. The molecule has 0 amide bonds.